The van der Waals surface area contributed by atoms with Gasteiger partial charge in [0.2, 0.25) is 0 Å². The number of amides is 1. The molecule has 0 saturated carbocycles. The fourth-order valence-electron chi connectivity index (χ4n) is 1.27. The molecule has 1 N–H and O–H groups in total. The molecule has 2 aromatic heterocycles. The Morgan fingerprint density at radius 3 is 3.06 bits per heavy atom. The Balaban J connectivity index is 1.85. The molecule has 0 aliphatic carbocycles. The number of carbonyl (C=O) groups is 1. The van der Waals surface area contributed by atoms with E-state index in [0.717, 1.165) is 4.47 Å². The molecule has 0 saturated heterocycles. The van der Waals surface area contributed by atoms with Gasteiger partial charge in [-0.15, -0.1) is 5.10 Å². The summed E-state index contributed by atoms with van der Waals surface area (Å²) in [5, 5.41) is 10.2. The van der Waals surface area contributed by atoms with Gasteiger partial charge in [0.1, 0.15) is 0 Å². The van der Waals surface area contributed by atoms with Gasteiger partial charge in [-0.25, -0.2) is 0 Å². The number of halogens is 1. The Hall–Kier alpha value is -1.76. The maximum absolute atomic E-state index is 11.7. The number of nitrogens with zero attached hydrogens (tertiary/aromatic N) is 4. The van der Waals surface area contributed by atoms with E-state index < -0.39 is 0 Å². The molecule has 7 heteroatoms. The standard InChI is InChI=1S/C10H10BrN5O/c11-9-5-8(6-12-7-9)10(17)13-1-3-16-4-2-14-15-16/h2,4-7H,1,3H2,(H,13,17). The fraction of sp³-hybridized carbons (Fsp3) is 0.200. The van der Waals surface area contributed by atoms with Crippen molar-refractivity contribution in [3.8, 4) is 0 Å². The molecule has 17 heavy (non-hydrogen) atoms. The molecule has 6 nitrogen and oxygen atoms in total. The van der Waals surface area contributed by atoms with E-state index in [9.17, 15) is 4.79 Å². The molecule has 2 aromatic rings. The van der Waals surface area contributed by atoms with E-state index >= 15 is 0 Å². The van der Waals surface area contributed by atoms with Crippen LogP contribution in [0.15, 0.2) is 35.3 Å². The van der Waals surface area contributed by atoms with E-state index in [-0.39, 0.29) is 5.91 Å². The SMILES string of the molecule is O=C(NCCn1ccnn1)c1cncc(Br)c1. The van der Waals surface area contributed by atoms with Crippen LogP contribution in [0.25, 0.3) is 0 Å². The first kappa shape index (κ1) is 11.7. The Morgan fingerprint density at radius 1 is 1.47 bits per heavy atom. The van der Waals surface area contributed by atoms with Gasteiger partial charge in [-0.2, -0.15) is 0 Å². The Labute approximate surface area is 106 Å². The molecule has 0 aliphatic rings. The normalized spacial score (nSPS) is 10.2. The van der Waals surface area contributed by atoms with Crippen LogP contribution in [0.2, 0.25) is 0 Å². The van der Waals surface area contributed by atoms with Crippen molar-refractivity contribution in [3.05, 3.63) is 40.9 Å². The second-order valence-corrected chi connectivity index (χ2v) is 4.23. The summed E-state index contributed by atoms with van der Waals surface area (Å²) in [6.07, 6.45) is 6.49. The largest absolute Gasteiger partial charge is 0.350 e. The van der Waals surface area contributed by atoms with Crippen LogP contribution in [0.5, 0.6) is 0 Å². The second-order valence-electron chi connectivity index (χ2n) is 3.31. The van der Waals surface area contributed by atoms with Gasteiger partial charge in [0.25, 0.3) is 5.91 Å². The maximum atomic E-state index is 11.7. The van der Waals surface area contributed by atoms with Crippen LogP contribution in [-0.4, -0.2) is 32.4 Å². The van der Waals surface area contributed by atoms with Crippen LogP contribution >= 0.6 is 15.9 Å². The first-order valence-electron chi connectivity index (χ1n) is 4.98. The number of rotatable bonds is 4. The molecule has 2 heterocycles. The van der Waals surface area contributed by atoms with Crippen LogP contribution in [0.4, 0.5) is 0 Å². The quantitative estimate of drug-likeness (QED) is 0.908. The zero-order chi connectivity index (χ0) is 12.1. The van der Waals surface area contributed by atoms with Crippen LogP contribution in [0, 0.1) is 0 Å². The molecular weight excluding hydrogens is 286 g/mol. The molecule has 0 unspecified atom stereocenters. The zero-order valence-electron chi connectivity index (χ0n) is 8.88. The third-order valence-electron chi connectivity index (χ3n) is 2.07. The zero-order valence-corrected chi connectivity index (χ0v) is 10.5. The molecular formula is C10H10BrN5O. The summed E-state index contributed by atoms with van der Waals surface area (Å²) >= 11 is 3.27. The molecule has 88 valence electrons. The van der Waals surface area contributed by atoms with Crippen molar-refractivity contribution in [2.45, 2.75) is 6.54 Å². The van der Waals surface area contributed by atoms with Gasteiger partial charge in [-0.05, 0) is 22.0 Å². The van der Waals surface area contributed by atoms with Gasteiger partial charge in [0, 0.05) is 29.6 Å². The average molecular weight is 296 g/mol. The third kappa shape index (κ3) is 3.35. The topological polar surface area (TPSA) is 72.7 Å². The van der Waals surface area contributed by atoms with Gasteiger partial charge in [0.05, 0.1) is 18.3 Å². The minimum Gasteiger partial charge on any atom is -0.350 e. The summed E-state index contributed by atoms with van der Waals surface area (Å²) in [5.74, 6) is -0.154. The van der Waals surface area contributed by atoms with Crippen molar-refractivity contribution in [3.63, 3.8) is 0 Å². The van der Waals surface area contributed by atoms with Gasteiger partial charge in [-0.3, -0.25) is 14.5 Å². The number of hydrogen-bond acceptors (Lipinski definition) is 4. The molecule has 0 spiro atoms. The minimum absolute atomic E-state index is 0.154. The average Bonchev–Trinajstić information content (AvgIpc) is 2.82. The highest BCUT2D eigenvalue weighted by molar-refractivity contribution is 9.10. The molecule has 0 bridgehead atoms. The van der Waals surface area contributed by atoms with Crippen LogP contribution in [0.1, 0.15) is 10.4 Å². The van der Waals surface area contributed by atoms with E-state index in [1.165, 1.54) is 6.20 Å². The maximum Gasteiger partial charge on any atom is 0.252 e. The second kappa shape index (κ2) is 5.53. The van der Waals surface area contributed by atoms with Gasteiger partial charge >= 0.3 is 0 Å². The van der Waals surface area contributed by atoms with Gasteiger partial charge in [0.15, 0.2) is 0 Å². The molecule has 0 aromatic carbocycles. The van der Waals surface area contributed by atoms with Crippen LogP contribution < -0.4 is 5.32 Å². The lowest BCUT2D eigenvalue weighted by atomic mass is 10.3. The number of aromatic nitrogens is 4. The van der Waals surface area contributed by atoms with Gasteiger partial charge < -0.3 is 5.32 Å². The smallest absolute Gasteiger partial charge is 0.252 e. The van der Waals surface area contributed by atoms with E-state index in [4.69, 9.17) is 0 Å². The highest BCUT2D eigenvalue weighted by Gasteiger charge is 2.05. The van der Waals surface area contributed by atoms with E-state index in [1.807, 2.05) is 0 Å². The molecule has 0 radical (unpaired) electrons. The lowest BCUT2D eigenvalue weighted by Crippen LogP contribution is -2.27. The highest BCUT2D eigenvalue weighted by atomic mass is 79.9. The minimum atomic E-state index is -0.154. The predicted molar refractivity (Wildman–Crippen MR) is 64.3 cm³/mol. The summed E-state index contributed by atoms with van der Waals surface area (Å²) in [6, 6.07) is 1.72. The van der Waals surface area contributed by atoms with Crippen molar-refractivity contribution in [2.24, 2.45) is 0 Å². The number of nitrogens with one attached hydrogen (secondary N) is 1. The number of carbonyl (C=O) groups excluding carboxylic acids is 1. The van der Waals surface area contributed by atoms with Crippen molar-refractivity contribution >= 4 is 21.8 Å². The van der Waals surface area contributed by atoms with Crippen molar-refractivity contribution in [1.29, 1.82) is 0 Å². The summed E-state index contributed by atoms with van der Waals surface area (Å²) in [7, 11) is 0. The molecule has 0 atom stereocenters. The first-order chi connectivity index (χ1) is 8.25. The monoisotopic (exact) mass is 295 g/mol. The Kier molecular flexibility index (Phi) is 3.81. The third-order valence-corrected chi connectivity index (χ3v) is 2.50. The number of pyridine rings is 1. The van der Waals surface area contributed by atoms with Crippen molar-refractivity contribution in [1.82, 2.24) is 25.3 Å². The van der Waals surface area contributed by atoms with Crippen LogP contribution in [-0.2, 0) is 6.54 Å². The lowest BCUT2D eigenvalue weighted by molar-refractivity contribution is 0.0951. The fourth-order valence-corrected chi connectivity index (χ4v) is 1.64. The van der Waals surface area contributed by atoms with E-state index in [2.05, 4.69) is 36.5 Å². The molecule has 2 rings (SSSR count). The van der Waals surface area contributed by atoms with Crippen molar-refractivity contribution < 1.29 is 4.79 Å². The Bertz CT molecular complexity index is 499. The summed E-state index contributed by atoms with van der Waals surface area (Å²) < 4.78 is 2.43. The summed E-state index contributed by atoms with van der Waals surface area (Å²) in [5.41, 5.74) is 0.526. The summed E-state index contributed by atoms with van der Waals surface area (Å²) in [6.45, 7) is 1.09. The highest BCUT2D eigenvalue weighted by Crippen LogP contribution is 2.09. The van der Waals surface area contributed by atoms with Crippen molar-refractivity contribution in [2.75, 3.05) is 6.54 Å². The Morgan fingerprint density at radius 2 is 2.35 bits per heavy atom. The molecule has 1 amide bonds. The summed E-state index contributed by atoms with van der Waals surface area (Å²) in [4.78, 5) is 15.6. The molecule has 0 fully saturated rings. The van der Waals surface area contributed by atoms with E-state index in [0.29, 0.717) is 18.7 Å². The predicted octanol–water partition coefficient (Wildman–Crippen LogP) is 0.866. The molecule has 0 aliphatic heterocycles. The lowest BCUT2D eigenvalue weighted by Gasteiger charge is -2.04. The first-order valence-corrected chi connectivity index (χ1v) is 5.78. The van der Waals surface area contributed by atoms with Crippen LogP contribution in [0.3, 0.4) is 0 Å². The van der Waals surface area contributed by atoms with E-state index in [1.54, 1.807) is 29.3 Å². The van der Waals surface area contributed by atoms with Gasteiger partial charge in [-0.1, -0.05) is 5.21 Å². The number of hydrogen-bond donors (Lipinski definition) is 1.